The zero-order valence-corrected chi connectivity index (χ0v) is 15.1. The van der Waals surface area contributed by atoms with E-state index in [0.717, 1.165) is 18.4 Å². The molecule has 1 aliphatic rings. The lowest BCUT2D eigenvalue weighted by Gasteiger charge is -2.11. The Morgan fingerprint density at radius 1 is 1.00 bits per heavy atom. The third kappa shape index (κ3) is 6.29. The molecule has 0 radical (unpaired) electrons. The summed E-state index contributed by atoms with van der Waals surface area (Å²) in [5, 5.41) is 5.69. The van der Waals surface area contributed by atoms with Crippen molar-refractivity contribution in [2.75, 3.05) is 27.3 Å². The summed E-state index contributed by atoms with van der Waals surface area (Å²) in [4.78, 5) is 23.8. The molecule has 1 aliphatic carbocycles. The van der Waals surface area contributed by atoms with E-state index in [1.165, 1.54) is 12.8 Å². The first-order valence-electron chi connectivity index (χ1n) is 8.86. The first-order valence-corrected chi connectivity index (χ1v) is 8.86. The Morgan fingerprint density at radius 3 is 2.28 bits per heavy atom. The molecule has 1 fully saturated rings. The Hall–Kier alpha value is -2.24. The lowest BCUT2D eigenvalue weighted by atomic mass is 10.0. The van der Waals surface area contributed by atoms with Crippen LogP contribution in [0.25, 0.3) is 0 Å². The van der Waals surface area contributed by atoms with Gasteiger partial charge in [-0.05, 0) is 36.5 Å². The van der Waals surface area contributed by atoms with Crippen molar-refractivity contribution >= 4 is 11.8 Å². The lowest BCUT2D eigenvalue weighted by Crippen LogP contribution is -2.35. The molecule has 0 atom stereocenters. The summed E-state index contributed by atoms with van der Waals surface area (Å²) in [5.41, 5.74) is 0.848. The predicted molar refractivity (Wildman–Crippen MR) is 95.8 cm³/mol. The van der Waals surface area contributed by atoms with Crippen molar-refractivity contribution in [1.82, 2.24) is 10.6 Å². The second-order valence-electron chi connectivity index (χ2n) is 6.42. The second-order valence-corrected chi connectivity index (χ2v) is 6.42. The van der Waals surface area contributed by atoms with Gasteiger partial charge >= 0.3 is 0 Å². The minimum Gasteiger partial charge on any atom is -0.493 e. The van der Waals surface area contributed by atoms with Crippen LogP contribution < -0.4 is 20.1 Å². The van der Waals surface area contributed by atoms with Gasteiger partial charge < -0.3 is 20.1 Å². The lowest BCUT2D eigenvalue weighted by molar-refractivity contribution is -0.123. The fourth-order valence-electron chi connectivity index (χ4n) is 3.19. The molecule has 0 heterocycles. The molecule has 1 saturated carbocycles. The van der Waals surface area contributed by atoms with Gasteiger partial charge in [-0.2, -0.15) is 0 Å². The van der Waals surface area contributed by atoms with Crippen LogP contribution in [0.4, 0.5) is 0 Å². The molecule has 0 spiro atoms. The average molecular weight is 348 g/mol. The number of benzene rings is 1. The highest BCUT2D eigenvalue weighted by Gasteiger charge is 2.18. The summed E-state index contributed by atoms with van der Waals surface area (Å²) in [6.45, 7) is 0.895. The van der Waals surface area contributed by atoms with Crippen LogP contribution in [0.5, 0.6) is 11.5 Å². The summed E-state index contributed by atoms with van der Waals surface area (Å²) in [6.07, 6.45) is 5.68. The molecule has 1 aromatic rings. The monoisotopic (exact) mass is 348 g/mol. The van der Waals surface area contributed by atoms with Crippen molar-refractivity contribution in [2.24, 2.45) is 5.92 Å². The summed E-state index contributed by atoms with van der Waals surface area (Å²) >= 11 is 0. The van der Waals surface area contributed by atoms with Crippen molar-refractivity contribution in [3.05, 3.63) is 23.8 Å². The van der Waals surface area contributed by atoms with Gasteiger partial charge in [-0.25, -0.2) is 0 Å². The Labute approximate surface area is 149 Å². The van der Waals surface area contributed by atoms with Gasteiger partial charge in [0.15, 0.2) is 11.5 Å². The minimum absolute atomic E-state index is 0.0843. The molecular formula is C19H28N2O4. The molecule has 2 N–H and O–H groups in total. The molecule has 0 unspecified atom stereocenters. The van der Waals surface area contributed by atoms with E-state index in [0.29, 0.717) is 36.9 Å². The van der Waals surface area contributed by atoms with Crippen molar-refractivity contribution in [3.8, 4) is 11.5 Å². The molecule has 0 aliphatic heterocycles. The average Bonchev–Trinajstić information content (AvgIpc) is 3.11. The summed E-state index contributed by atoms with van der Waals surface area (Å²) < 4.78 is 10.4. The van der Waals surface area contributed by atoms with Crippen LogP contribution >= 0.6 is 0 Å². The Bertz CT molecular complexity index is 583. The van der Waals surface area contributed by atoms with Gasteiger partial charge in [0.1, 0.15) is 0 Å². The molecule has 25 heavy (non-hydrogen) atoms. The van der Waals surface area contributed by atoms with Crippen LogP contribution in [0.3, 0.4) is 0 Å². The van der Waals surface area contributed by atoms with Crippen LogP contribution in [0.15, 0.2) is 18.2 Å². The molecule has 2 amide bonds. The summed E-state index contributed by atoms with van der Waals surface area (Å²) in [6, 6.07) is 5.41. The molecule has 1 aromatic carbocycles. The molecule has 138 valence electrons. The van der Waals surface area contributed by atoms with Crippen LogP contribution in [-0.4, -0.2) is 39.1 Å². The number of carbonyl (C=O) groups is 2. The van der Waals surface area contributed by atoms with E-state index in [1.807, 2.05) is 6.07 Å². The van der Waals surface area contributed by atoms with Gasteiger partial charge in [-0.3, -0.25) is 9.59 Å². The number of hydrogen-bond donors (Lipinski definition) is 2. The molecule has 6 heteroatoms. The number of methoxy groups -OCH3 is 2. The number of hydrogen-bond acceptors (Lipinski definition) is 4. The maximum absolute atomic E-state index is 12.0. The summed E-state index contributed by atoms with van der Waals surface area (Å²) in [7, 11) is 3.14. The van der Waals surface area contributed by atoms with Crippen LogP contribution in [-0.2, 0) is 16.0 Å². The molecule has 0 bridgehead atoms. The standard InChI is InChI=1S/C19H28N2O4/c1-24-16-8-7-15(11-17(16)25-2)13-19(23)21-10-9-20-18(22)12-14-5-3-4-6-14/h7-8,11,14H,3-6,9-10,12-13H2,1-2H3,(H,20,22)(H,21,23). The highest BCUT2D eigenvalue weighted by molar-refractivity contribution is 5.79. The number of amides is 2. The zero-order chi connectivity index (χ0) is 18.1. The first kappa shape index (κ1) is 19.1. The first-order chi connectivity index (χ1) is 12.1. The maximum atomic E-state index is 12.0. The Morgan fingerprint density at radius 2 is 1.64 bits per heavy atom. The van der Waals surface area contributed by atoms with E-state index >= 15 is 0 Å². The number of ether oxygens (including phenoxy) is 2. The van der Waals surface area contributed by atoms with Crippen molar-refractivity contribution in [2.45, 2.75) is 38.5 Å². The van der Waals surface area contributed by atoms with Gasteiger partial charge in [0, 0.05) is 19.5 Å². The fraction of sp³-hybridized carbons (Fsp3) is 0.579. The van der Waals surface area contributed by atoms with E-state index in [2.05, 4.69) is 10.6 Å². The smallest absolute Gasteiger partial charge is 0.224 e. The van der Waals surface area contributed by atoms with Gasteiger partial charge in [0.25, 0.3) is 0 Å². The van der Waals surface area contributed by atoms with Crippen molar-refractivity contribution in [1.29, 1.82) is 0 Å². The number of nitrogens with one attached hydrogen (secondary N) is 2. The Kier molecular flexibility index (Phi) is 7.57. The van der Waals surface area contributed by atoms with Gasteiger partial charge in [0.2, 0.25) is 11.8 Å². The van der Waals surface area contributed by atoms with Crippen LogP contribution in [0.2, 0.25) is 0 Å². The Balaban J connectivity index is 1.66. The fourth-order valence-corrected chi connectivity index (χ4v) is 3.19. The largest absolute Gasteiger partial charge is 0.493 e. The topological polar surface area (TPSA) is 76.7 Å². The highest BCUT2D eigenvalue weighted by Crippen LogP contribution is 2.28. The van der Waals surface area contributed by atoms with Crippen LogP contribution in [0.1, 0.15) is 37.7 Å². The zero-order valence-electron chi connectivity index (χ0n) is 15.1. The third-order valence-corrected chi connectivity index (χ3v) is 4.53. The van der Waals surface area contributed by atoms with Gasteiger partial charge in [0.05, 0.1) is 20.6 Å². The van der Waals surface area contributed by atoms with E-state index in [1.54, 1.807) is 26.4 Å². The molecule has 6 nitrogen and oxygen atoms in total. The SMILES string of the molecule is COc1ccc(CC(=O)NCCNC(=O)CC2CCCC2)cc1OC. The molecular weight excluding hydrogens is 320 g/mol. The van der Waals surface area contributed by atoms with Crippen molar-refractivity contribution in [3.63, 3.8) is 0 Å². The quantitative estimate of drug-likeness (QED) is 0.670. The molecule has 2 rings (SSSR count). The second kappa shape index (κ2) is 9.91. The number of rotatable bonds is 9. The predicted octanol–water partition coefficient (Wildman–Crippen LogP) is 2.06. The van der Waals surface area contributed by atoms with E-state index in [-0.39, 0.29) is 18.2 Å². The molecule has 0 saturated heterocycles. The van der Waals surface area contributed by atoms with E-state index < -0.39 is 0 Å². The number of carbonyl (C=O) groups excluding carboxylic acids is 2. The highest BCUT2D eigenvalue weighted by atomic mass is 16.5. The van der Waals surface area contributed by atoms with Gasteiger partial charge in [-0.15, -0.1) is 0 Å². The van der Waals surface area contributed by atoms with E-state index in [9.17, 15) is 9.59 Å². The normalized spacial score (nSPS) is 14.2. The minimum atomic E-state index is -0.0859. The van der Waals surface area contributed by atoms with E-state index in [4.69, 9.17) is 9.47 Å². The van der Waals surface area contributed by atoms with Gasteiger partial charge in [-0.1, -0.05) is 18.9 Å². The molecule has 0 aromatic heterocycles. The van der Waals surface area contributed by atoms with Crippen LogP contribution in [0, 0.1) is 5.92 Å². The summed E-state index contributed by atoms with van der Waals surface area (Å²) in [5.74, 6) is 1.78. The maximum Gasteiger partial charge on any atom is 0.224 e. The van der Waals surface area contributed by atoms with Crippen molar-refractivity contribution < 1.29 is 19.1 Å². The third-order valence-electron chi connectivity index (χ3n) is 4.53.